The van der Waals surface area contributed by atoms with Crippen LogP contribution >= 0.6 is 11.6 Å². The van der Waals surface area contributed by atoms with Crippen molar-refractivity contribution >= 4 is 29.4 Å². The first-order valence-corrected chi connectivity index (χ1v) is 10.2. The molecule has 3 rings (SSSR count). The van der Waals surface area contributed by atoms with Gasteiger partial charge >= 0.3 is 5.97 Å². The Morgan fingerprint density at radius 3 is 2.58 bits per heavy atom. The quantitative estimate of drug-likeness (QED) is 0.459. The van der Waals surface area contributed by atoms with Crippen LogP contribution < -0.4 is 21.8 Å². The predicted molar refractivity (Wildman–Crippen MR) is 117 cm³/mol. The average Bonchev–Trinajstić information content (AvgIpc) is 3.27. The van der Waals surface area contributed by atoms with Gasteiger partial charge in [-0.05, 0) is 42.7 Å². The average molecular weight is 446 g/mol. The summed E-state index contributed by atoms with van der Waals surface area (Å²) in [6.45, 7) is 3.49. The molecule has 0 aromatic heterocycles. The lowest BCUT2D eigenvalue weighted by atomic mass is 10.0. The fourth-order valence-electron chi connectivity index (χ4n) is 2.93. The van der Waals surface area contributed by atoms with Gasteiger partial charge in [-0.15, -0.1) is 10.6 Å². The molecule has 0 saturated carbocycles. The van der Waals surface area contributed by atoms with E-state index in [1.807, 2.05) is 48.5 Å². The second kappa shape index (κ2) is 10.8. The van der Waals surface area contributed by atoms with Gasteiger partial charge in [-0.2, -0.15) is 0 Å². The van der Waals surface area contributed by atoms with E-state index in [1.54, 1.807) is 13.8 Å². The van der Waals surface area contributed by atoms with Crippen LogP contribution in [0.4, 0.5) is 0 Å². The number of guanidine groups is 1. The normalized spacial score (nSPS) is 14.6. The monoisotopic (exact) mass is 445 g/mol. The molecule has 0 bridgehead atoms. The molecule has 2 atom stereocenters. The molecule has 0 radical (unpaired) electrons. The molecule has 9 nitrogen and oxygen atoms in total. The second-order valence-corrected chi connectivity index (χ2v) is 7.18. The number of esters is 1. The lowest BCUT2D eigenvalue weighted by Crippen LogP contribution is -2.49. The van der Waals surface area contributed by atoms with E-state index in [0.29, 0.717) is 5.02 Å². The number of nitrogens with one attached hydrogen (secondary N) is 4. The molecule has 0 aliphatic carbocycles. The van der Waals surface area contributed by atoms with Crippen molar-refractivity contribution < 1.29 is 19.1 Å². The highest BCUT2D eigenvalue weighted by atomic mass is 35.5. The summed E-state index contributed by atoms with van der Waals surface area (Å²) in [5.41, 5.74) is 10.5. The van der Waals surface area contributed by atoms with E-state index in [0.717, 1.165) is 16.7 Å². The van der Waals surface area contributed by atoms with Gasteiger partial charge in [0.2, 0.25) is 5.96 Å². The molecule has 1 aliphatic rings. The van der Waals surface area contributed by atoms with E-state index in [9.17, 15) is 9.59 Å². The summed E-state index contributed by atoms with van der Waals surface area (Å²) in [6, 6.07) is 15.3. The number of hydrogen-bond donors (Lipinski definition) is 4. The van der Waals surface area contributed by atoms with Crippen molar-refractivity contribution in [1.29, 1.82) is 0 Å². The van der Waals surface area contributed by atoms with Crippen molar-refractivity contribution in [3.63, 3.8) is 0 Å². The molecule has 0 saturated heterocycles. The largest absolute Gasteiger partial charge is 0.464 e. The first-order chi connectivity index (χ1) is 15.0. The van der Waals surface area contributed by atoms with Gasteiger partial charge in [0.05, 0.1) is 6.61 Å². The Labute approximate surface area is 185 Å². The van der Waals surface area contributed by atoms with Gasteiger partial charge < -0.3 is 9.47 Å². The SMILES string of the molecule is CCOC(=O)[C@H](C)O[C@@H](Cc1ccc(-c2cccc(Cl)c2)cc1)C(=O)NC1=NNNN1. The molecule has 4 N–H and O–H groups in total. The third-order valence-corrected chi connectivity index (χ3v) is 4.69. The molecule has 10 heteroatoms. The lowest BCUT2D eigenvalue weighted by Gasteiger charge is -2.21. The maximum atomic E-state index is 12.8. The van der Waals surface area contributed by atoms with Crippen LogP contribution in [0, 0.1) is 0 Å². The summed E-state index contributed by atoms with van der Waals surface area (Å²) >= 11 is 6.07. The van der Waals surface area contributed by atoms with Gasteiger partial charge in [-0.1, -0.05) is 48.0 Å². The Kier molecular flexibility index (Phi) is 7.82. The molecule has 164 valence electrons. The standard InChI is InChI=1S/C21H24ClN5O4/c1-3-30-20(29)13(2)31-18(19(28)23-21-24-26-27-25-21)11-14-7-9-15(10-8-14)16-5-4-6-17(22)12-16/h4-10,12-13,18,26-27H,3,11H2,1-2H3,(H2,23,24,25,28)/t13-,18-/m0/s1. The van der Waals surface area contributed by atoms with Crippen molar-refractivity contribution in [2.24, 2.45) is 5.10 Å². The lowest BCUT2D eigenvalue weighted by molar-refractivity contribution is -0.161. The number of ether oxygens (including phenoxy) is 2. The number of halogens is 1. The van der Waals surface area contributed by atoms with Crippen molar-refractivity contribution in [2.75, 3.05) is 6.61 Å². The van der Waals surface area contributed by atoms with Gasteiger partial charge in [-0.25, -0.2) is 10.3 Å². The molecule has 2 aromatic carbocycles. The highest BCUT2D eigenvalue weighted by Gasteiger charge is 2.27. The first kappa shape index (κ1) is 22.5. The van der Waals surface area contributed by atoms with Crippen LogP contribution in [0.15, 0.2) is 53.6 Å². The zero-order valence-electron chi connectivity index (χ0n) is 17.1. The van der Waals surface area contributed by atoms with Gasteiger partial charge in [0, 0.05) is 11.4 Å². The Morgan fingerprint density at radius 1 is 1.16 bits per heavy atom. The van der Waals surface area contributed by atoms with Crippen LogP contribution in [0.5, 0.6) is 0 Å². The zero-order chi connectivity index (χ0) is 22.2. The zero-order valence-corrected chi connectivity index (χ0v) is 17.9. The van der Waals surface area contributed by atoms with E-state index in [1.165, 1.54) is 0 Å². The van der Waals surface area contributed by atoms with Gasteiger partial charge in [0.1, 0.15) is 6.10 Å². The molecular weight excluding hydrogens is 422 g/mol. The molecule has 1 aliphatic heterocycles. The Balaban J connectivity index is 1.73. The van der Waals surface area contributed by atoms with Crippen LogP contribution in [0.2, 0.25) is 5.02 Å². The van der Waals surface area contributed by atoms with Gasteiger partial charge in [0.25, 0.3) is 5.91 Å². The number of carbonyl (C=O) groups is 2. The Bertz CT molecular complexity index is 951. The minimum Gasteiger partial charge on any atom is -0.464 e. The Morgan fingerprint density at radius 2 is 1.94 bits per heavy atom. The number of hydrazine groups is 2. The van der Waals surface area contributed by atoms with Crippen molar-refractivity contribution in [3.05, 3.63) is 59.1 Å². The van der Waals surface area contributed by atoms with Crippen molar-refractivity contribution in [2.45, 2.75) is 32.5 Å². The topological polar surface area (TPSA) is 113 Å². The number of hydrogen-bond acceptors (Lipinski definition) is 8. The maximum Gasteiger partial charge on any atom is 0.334 e. The molecular formula is C21H24ClN5O4. The highest BCUT2D eigenvalue weighted by Crippen LogP contribution is 2.23. The molecule has 1 heterocycles. The maximum absolute atomic E-state index is 12.8. The van der Waals surface area contributed by atoms with Crippen molar-refractivity contribution in [3.8, 4) is 11.1 Å². The summed E-state index contributed by atoms with van der Waals surface area (Å²) in [6.07, 6.45) is -1.60. The smallest absolute Gasteiger partial charge is 0.334 e. The summed E-state index contributed by atoms with van der Waals surface area (Å²) < 4.78 is 10.7. The minimum absolute atomic E-state index is 0.193. The fraction of sp³-hybridized carbons (Fsp3) is 0.286. The third kappa shape index (κ3) is 6.42. The molecule has 31 heavy (non-hydrogen) atoms. The third-order valence-electron chi connectivity index (χ3n) is 4.46. The van der Waals surface area contributed by atoms with E-state index < -0.39 is 24.1 Å². The van der Waals surface area contributed by atoms with Crippen LogP contribution in [0.1, 0.15) is 19.4 Å². The van der Waals surface area contributed by atoms with E-state index in [-0.39, 0.29) is 19.0 Å². The molecule has 0 unspecified atom stereocenters. The molecule has 0 spiro atoms. The second-order valence-electron chi connectivity index (χ2n) is 6.74. The fourth-order valence-corrected chi connectivity index (χ4v) is 3.13. The van der Waals surface area contributed by atoms with Crippen LogP contribution in [-0.2, 0) is 25.5 Å². The minimum atomic E-state index is -0.943. The number of rotatable bonds is 8. The number of amides is 1. The van der Waals surface area contributed by atoms with E-state index in [2.05, 4.69) is 26.9 Å². The molecule has 0 fully saturated rings. The number of nitrogens with zero attached hydrogens (tertiary/aromatic N) is 1. The summed E-state index contributed by atoms with van der Waals surface area (Å²) in [4.78, 5) is 24.7. The summed E-state index contributed by atoms with van der Waals surface area (Å²) in [5.74, 6) is -0.790. The van der Waals surface area contributed by atoms with E-state index >= 15 is 0 Å². The Hall–Kier alpha value is -3.14. The van der Waals surface area contributed by atoms with Crippen molar-refractivity contribution in [1.82, 2.24) is 21.8 Å². The summed E-state index contributed by atoms with van der Waals surface area (Å²) in [5, 5.41) is 7.08. The summed E-state index contributed by atoms with van der Waals surface area (Å²) in [7, 11) is 0. The molecule has 2 aromatic rings. The van der Waals surface area contributed by atoms with Gasteiger partial charge in [-0.3, -0.25) is 15.5 Å². The number of hydrazone groups is 1. The number of benzene rings is 2. The van der Waals surface area contributed by atoms with E-state index in [4.69, 9.17) is 21.1 Å². The van der Waals surface area contributed by atoms with Crippen LogP contribution in [0.3, 0.4) is 0 Å². The van der Waals surface area contributed by atoms with Gasteiger partial charge in [0.15, 0.2) is 6.10 Å². The highest BCUT2D eigenvalue weighted by molar-refractivity contribution is 6.30. The predicted octanol–water partition coefficient (Wildman–Crippen LogP) is 1.89. The van der Waals surface area contributed by atoms with Crippen LogP contribution in [-0.4, -0.2) is 36.7 Å². The molecule has 1 amide bonds. The van der Waals surface area contributed by atoms with Crippen LogP contribution in [0.25, 0.3) is 11.1 Å². The number of carbonyl (C=O) groups excluding carboxylic acids is 2. The first-order valence-electron chi connectivity index (χ1n) is 9.77.